The van der Waals surface area contributed by atoms with Crippen molar-refractivity contribution < 1.29 is 18.8 Å². The largest absolute Gasteiger partial charge is 0.369 e. The number of nitrogens with zero attached hydrogens (tertiary/aromatic N) is 4. The van der Waals surface area contributed by atoms with Crippen LogP contribution in [-0.4, -0.2) is 64.7 Å². The lowest BCUT2D eigenvalue weighted by molar-refractivity contribution is -0.136. The smallest absolute Gasteiger partial charge is 0.255 e. The lowest BCUT2D eigenvalue weighted by Crippen LogP contribution is -2.52. The van der Waals surface area contributed by atoms with Crippen LogP contribution in [0.25, 0.3) is 0 Å². The van der Waals surface area contributed by atoms with E-state index in [9.17, 15) is 18.8 Å². The molecule has 190 valence electrons. The Morgan fingerprint density at radius 3 is 2.53 bits per heavy atom. The molecular formula is C27H32FN5O3. The Morgan fingerprint density at radius 2 is 1.83 bits per heavy atom. The molecule has 0 spiro atoms. The molecular weight excluding hydrogens is 461 g/mol. The van der Waals surface area contributed by atoms with Gasteiger partial charge in [-0.3, -0.25) is 29.6 Å². The first kappa shape index (κ1) is 24.4. The number of hydrogen-bond acceptors (Lipinski definition) is 6. The summed E-state index contributed by atoms with van der Waals surface area (Å²) in [5.74, 6) is -1.61. The number of pyridine rings is 1. The molecule has 4 heterocycles. The van der Waals surface area contributed by atoms with Gasteiger partial charge < -0.3 is 9.80 Å². The summed E-state index contributed by atoms with van der Waals surface area (Å²) in [6.45, 7) is 10.6. The van der Waals surface area contributed by atoms with Crippen molar-refractivity contribution in [3.8, 4) is 0 Å². The van der Waals surface area contributed by atoms with Crippen molar-refractivity contribution in [2.24, 2.45) is 0 Å². The first-order valence-corrected chi connectivity index (χ1v) is 12.5. The van der Waals surface area contributed by atoms with E-state index in [0.717, 1.165) is 30.9 Å². The van der Waals surface area contributed by atoms with Crippen LogP contribution in [0, 0.1) is 5.82 Å². The quantitative estimate of drug-likeness (QED) is 0.659. The molecule has 36 heavy (non-hydrogen) atoms. The van der Waals surface area contributed by atoms with Gasteiger partial charge in [0.15, 0.2) is 0 Å². The number of piperazine rings is 1. The van der Waals surface area contributed by atoms with E-state index in [2.05, 4.69) is 53.0 Å². The van der Waals surface area contributed by atoms with Crippen molar-refractivity contribution in [1.29, 1.82) is 0 Å². The Hall–Kier alpha value is -3.33. The van der Waals surface area contributed by atoms with Gasteiger partial charge in [0, 0.05) is 79.8 Å². The molecule has 3 amide bonds. The molecule has 0 saturated carbocycles. The minimum atomic E-state index is -0.714. The van der Waals surface area contributed by atoms with Crippen molar-refractivity contribution in [1.82, 2.24) is 20.1 Å². The molecule has 1 aromatic heterocycles. The zero-order chi connectivity index (χ0) is 25.6. The molecule has 1 atom stereocenters. The van der Waals surface area contributed by atoms with Gasteiger partial charge in [0.2, 0.25) is 11.8 Å². The molecule has 0 aliphatic carbocycles. The van der Waals surface area contributed by atoms with Crippen molar-refractivity contribution in [2.75, 3.05) is 31.1 Å². The molecule has 3 aliphatic heterocycles. The predicted molar refractivity (Wildman–Crippen MR) is 133 cm³/mol. The SMILES string of the molecule is CC(C)(C)c1cc(CN2CCN(c3cc(F)cc4c3CN(C3CCC(=O)NC3=O)C4=O)CC2)ccn1. The number of halogens is 1. The molecule has 2 fully saturated rings. The van der Waals surface area contributed by atoms with E-state index < -0.39 is 17.8 Å². The number of amides is 3. The van der Waals surface area contributed by atoms with Crippen LogP contribution >= 0.6 is 0 Å². The highest BCUT2D eigenvalue weighted by Gasteiger charge is 2.41. The zero-order valence-electron chi connectivity index (χ0n) is 21.0. The highest BCUT2D eigenvalue weighted by molar-refractivity contribution is 6.06. The molecule has 2 saturated heterocycles. The van der Waals surface area contributed by atoms with E-state index in [0.29, 0.717) is 24.3 Å². The van der Waals surface area contributed by atoms with E-state index in [1.54, 1.807) is 0 Å². The van der Waals surface area contributed by atoms with Crippen LogP contribution in [0.15, 0.2) is 30.5 Å². The van der Waals surface area contributed by atoms with E-state index in [-0.39, 0.29) is 36.6 Å². The molecule has 3 aliphatic rings. The Balaban J connectivity index is 1.29. The first-order valence-electron chi connectivity index (χ1n) is 12.5. The summed E-state index contributed by atoms with van der Waals surface area (Å²) in [6.07, 6.45) is 2.34. The fourth-order valence-electron chi connectivity index (χ4n) is 5.28. The van der Waals surface area contributed by atoms with Crippen molar-refractivity contribution in [3.63, 3.8) is 0 Å². The van der Waals surface area contributed by atoms with Crippen LogP contribution in [-0.2, 0) is 28.1 Å². The van der Waals surface area contributed by atoms with Crippen molar-refractivity contribution in [3.05, 3.63) is 58.7 Å². The fourth-order valence-corrected chi connectivity index (χ4v) is 5.28. The van der Waals surface area contributed by atoms with Crippen LogP contribution in [0.5, 0.6) is 0 Å². The summed E-state index contributed by atoms with van der Waals surface area (Å²) in [5, 5.41) is 2.31. The molecule has 1 N–H and O–H groups in total. The number of benzene rings is 1. The first-order chi connectivity index (χ1) is 17.1. The second-order valence-corrected chi connectivity index (χ2v) is 10.9. The third kappa shape index (κ3) is 4.72. The maximum Gasteiger partial charge on any atom is 0.255 e. The van der Waals surface area contributed by atoms with Crippen LogP contribution < -0.4 is 10.2 Å². The van der Waals surface area contributed by atoms with Gasteiger partial charge in [-0.2, -0.15) is 0 Å². The van der Waals surface area contributed by atoms with E-state index in [1.165, 1.54) is 22.6 Å². The maximum absolute atomic E-state index is 14.6. The molecule has 1 unspecified atom stereocenters. The van der Waals surface area contributed by atoms with Gasteiger partial charge in [0.05, 0.1) is 0 Å². The third-order valence-electron chi connectivity index (χ3n) is 7.31. The van der Waals surface area contributed by atoms with Gasteiger partial charge in [-0.05, 0) is 36.2 Å². The standard InChI is InChI=1S/C27H32FN5O3/c1-27(2,3)23-12-17(6-7-29-23)15-31-8-10-32(11-9-31)22-14-18(28)13-19-20(22)16-33(26(19)36)21-4-5-24(34)30-25(21)35/h6-7,12-14,21H,4-5,8-11,15-16H2,1-3H3,(H,30,34,35). The monoisotopic (exact) mass is 493 g/mol. The Labute approximate surface area is 210 Å². The topological polar surface area (TPSA) is 85.9 Å². The second-order valence-electron chi connectivity index (χ2n) is 10.9. The average molecular weight is 494 g/mol. The van der Waals surface area contributed by atoms with E-state index in [4.69, 9.17) is 0 Å². The Bertz CT molecular complexity index is 1220. The molecule has 8 nitrogen and oxygen atoms in total. The molecule has 9 heteroatoms. The van der Waals surface area contributed by atoms with E-state index in [1.807, 2.05) is 6.20 Å². The predicted octanol–water partition coefficient (Wildman–Crippen LogP) is 2.60. The lowest BCUT2D eigenvalue weighted by Gasteiger charge is -2.37. The summed E-state index contributed by atoms with van der Waals surface area (Å²) >= 11 is 0. The van der Waals surface area contributed by atoms with Crippen molar-refractivity contribution in [2.45, 2.75) is 58.2 Å². The summed E-state index contributed by atoms with van der Waals surface area (Å²) < 4.78 is 14.6. The minimum absolute atomic E-state index is 0.00832. The number of piperidine rings is 1. The number of fused-ring (bicyclic) bond motifs is 1. The maximum atomic E-state index is 14.6. The number of aromatic nitrogens is 1. The van der Waals surface area contributed by atoms with Crippen LogP contribution in [0.3, 0.4) is 0 Å². The number of imide groups is 1. The van der Waals surface area contributed by atoms with Crippen LogP contribution in [0.4, 0.5) is 10.1 Å². The van der Waals surface area contributed by atoms with E-state index >= 15 is 0 Å². The number of carbonyl (C=O) groups excluding carboxylic acids is 3. The van der Waals surface area contributed by atoms with Gasteiger partial charge in [0.25, 0.3) is 5.91 Å². The summed E-state index contributed by atoms with van der Waals surface area (Å²) in [7, 11) is 0. The zero-order valence-corrected chi connectivity index (χ0v) is 21.0. The summed E-state index contributed by atoms with van der Waals surface area (Å²) in [5.41, 5.74) is 4.06. The number of carbonyl (C=O) groups is 3. The Kier molecular flexibility index (Phi) is 6.28. The summed E-state index contributed by atoms with van der Waals surface area (Å²) in [4.78, 5) is 47.5. The van der Waals surface area contributed by atoms with Gasteiger partial charge in [-0.25, -0.2) is 4.39 Å². The highest BCUT2D eigenvalue weighted by Crippen LogP contribution is 2.35. The minimum Gasteiger partial charge on any atom is -0.369 e. The third-order valence-corrected chi connectivity index (χ3v) is 7.31. The van der Waals surface area contributed by atoms with Gasteiger partial charge >= 0.3 is 0 Å². The number of anilines is 1. The molecule has 0 radical (unpaired) electrons. The normalized spacial score (nSPS) is 21.1. The molecule has 5 rings (SSSR count). The molecule has 0 bridgehead atoms. The molecule has 1 aromatic carbocycles. The number of hydrogen-bond donors (Lipinski definition) is 1. The highest BCUT2D eigenvalue weighted by atomic mass is 19.1. The fraction of sp³-hybridized carbons (Fsp3) is 0.481. The lowest BCUT2D eigenvalue weighted by atomic mass is 9.91. The number of nitrogens with one attached hydrogen (secondary N) is 1. The van der Waals surface area contributed by atoms with Gasteiger partial charge in [0.1, 0.15) is 11.9 Å². The van der Waals surface area contributed by atoms with Gasteiger partial charge in [-0.15, -0.1) is 0 Å². The molecule has 2 aromatic rings. The number of rotatable bonds is 4. The Morgan fingerprint density at radius 1 is 1.08 bits per heavy atom. The summed E-state index contributed by atoms with van der Waals surface area (Å²) in [6, 6.07) is 6.26. The van der Waals surface area contributed by atoms with Crippen LogP contribution in [0.2, 0.25) is 0 Å². The van der Waals surface area contributed by atoms with Crippen LogP contribution in [0.1, 0.15) is 60.8 Å². The second kappa shape index (κ2) is 9.28. The van der Waals surface area contributed by atoms with Gasteiger partial charge in [-0.1, -0.05) is 20.8 Å². The average Bonchev–Trinajstić information content (AvgIpc) is 3.15. The van der Waals surface area contributed by atoms with Crippen molar-refractivity contribution >= 4 is 23.4 Å².